The molecule has 0 aromatic carbocycles. The van der Waals surface area contributed by atoms with E-state index >= 15 is 0 Å². The maximum absolute atomic E-state index is 12.8. The smallest absolute Gasteiger partial charge is 0.141 e. The molecule has 1 aliphatic rings. The molecule has 1 saturated heterocycles. The van der Waals surface area contributed by atoms with Gasteiger partial charge in [0, 0.05) is 12.6 Å². The predicted octanol–water partition coefficient (Wildman–Crippen LogP) is 1.67. The van der Waals surface area contributed by atoms with Gasteiger partial charge < -0.3 is 14.9 Å². The van der Waals surface area contributed by atoms with E-state index in [4.69, 9.17) is 0 Å². The Labute approximate surface area is 120 Å². The number of aliphatic hydroxyl groups is 1. The summed E-state index contributed by atoms with van der Waals surface area (Å²) in [7, 11) is 4.26. The molecule has 1 atom stereocenters. The second-order valence-electron chi connectivity index (χ2n) is 5.72. The molecule has 0 amide bonds. The molecular weight excluding hydrogens is 257 g/mol. The molecule has 2 rings (SSSR count). The largest absolute Gasteiger partial charge is 0.387 e. The number of aromatic nitrogens is 1. The number of hydrogen-bond acceptors (Lipinski definition) is 4. The summed E-state index contributed by atoms with van der Waals surface area (Å²) in [5.74, 6) is -0.371. The van der Waals surface area contributed by atoms with Crippen LogP contribution in [0.4, 0.5) is 4.39 Å². The minimum atomic E-state index is -0.621. The zero-order valence-electron chi connectivity index (χ0n) is 12.3. The Bertz CT molecular complexity index is 404. The van der Waals surface area contributed by atoms with Gasteiger partial charge in [-0.2, -0.15) is 0 Å². The summed E-state index contributed by atoms with van der Waals surface area (Å²) in [6.07, 6.45) is 3.51. The Morgan fingerprint density at radius 3 is 2.75 bits per heavy atom. The predicted molar refractivity (Wildman–Crippen MR) is 76.9 cm³/mol. The molecule has 1 aromatic rings. The van der Waals surface area contributed by atoms with Gasteiger partial charge >= 0.3 is 0 Å². The molecule has 0 bridgehead atoms. The van der Waals surface area contributed by atoms with E-state index in [0.29, 0.717) is 18.2 Å². The Morgan fingerprint density at radius 2 is 2.15 bits per heavy atom. The highest BCUT2D eigenvalue weighted by molar-refractivity contribution is 5.07. The second kappa shape index (κ2) is 7.11. The maximum Gasteiger partial charge on any atom is 0.141 e. The van der Waals surface area contributed by atoms with Crippen LogP contribution in [0.25, 0.3) is 0 Å². The molecule has 112 valence electrons. The van der Waals surface area contributed by atoms with Gasteiger partial charge in [0.1, 0.15) is 5.82 Å². The van der Waals surface area contributed by atoms with Crippen molar-refractivity contribution < 1.29 is 9.50 Å². The summed E-state index contributed by atoms with van der Waals surface area (Å²) in [5.41, 5.74) is 0.545. The van der Waals surface area contributed by atoms with E-state index in [1.807, 2.05) is 0 Å². The first-order valence-corrected chi connectivity index (χ1v) is 7.24. The average molecular weight is 281 g/mol. The highest BCUT2D eigenvalue weighted by Gasteiger charge is 2.21. The molecule has 2 heterocycles. The number of nitrogens with zero attached hydrogens (tertiary/aromatic N) is 3. The molecule has 1 N–H and O–H groups in total. The third-order valence-corrected chi connectivity index (χ3v) is 4.16. The first-order chi connectivity index (χ1) is 9.56. The molecule has 4 nitrogen and oxygen atoms in total. The molecule has 0 spiro atoms. The normalized spacial score (nSPS) is 19.4. The fourth-order valence-electron chi connectivity index (χ4n) is 2.68. The monoisotopic (exact) mass is 281 g/mol. The van der Waals surface area contributed by atoms with E-state index in [-0.39, 0.29) is 5.82 Å². The SMILES string of the molecule is CN1CCC(N(C)CCC(O)c2ccc(F)cn2)CC1. The Hall–Kier alpha value is -1.04. The summed E-state index contributed by atoms with van der Waals surface area (Å²) < 4.78 is 12.8. The van der Waals surface area contributed by atoms with Crippen LogP contribution in [0.15, 0.2) is 18.3 Å². The summed E-state index contributed by atoms with van der Waals surface area (Å²) >= 11 is 0. The first kappa shape index (κ1) is 15.4. The minimum absolute atomic E-state index is 0.371. The van der Waals surface area contributed by atoms with Gasteiger partial charge in [-0.1, -0.05) is 0 Å². The Morgan fingerprint density at radius 1 is 1.45 bits per heavy atom. The molecule has 1 fully saturated rings. The number of halogens is 1. The van der Waals surface area contributed by atoms with Crippen LogP contribution in [-0.2, 0) is 0 Å². The summed E-state index contributed by atoms with van der Waals surface area (Å²) in [6.45, 7) is 3.10. The van der Waals surface area contributed by atoms with Crippen molar-refractivity contribution in [2.75, 3.05) is 33.7 Å². The molecule has 0 saturated carbocycles. The molecule has 0 radical (unpaired) electrons. The number of pyridine rings is 1. The Kier molecular flexibility index (Phi) is 5.46. The van der Waals surface area contributed by atoms with E-state index in [9.17, 15) is 9.50 Å². The summed E-state index contributed by atoms with van der Waals surface area (Å²) in [6, 6.07) is 3.49. The van der Waals surface area contributed by atoms with Crippen LogP contribution in [-0.4, -0.2) is 59.7 Å². The van der Waals surface area contributed by atoms with Crippen LogP contribution in [0.1, 0.15) is 31.1 Å². The zero-order valence-corrected chi connectivity index (χ0v) is 12.3. The van der Waals surface area contributed by atoms with Crippen molar-refractivity contribution in [3.63, 3.8) is 0 Å². The molecule has 5 heteroatoms. The number of likely N-dealkylation sites (tertiary alicyclic amines) is 1. The topological polar surface area (TPSA) is 39.6 Å². The number of hydrogen-bond donors (Lipinski definition) is 1. The van der Waals surface area contributed by atoms with Crippen LogP contribution in [0.5, 0.6) is 0 Å². The third kappa shape index (κ3) is 4.23. The molecule has 20 heavy (non-hydrogen) atoms. The van der Waals surface area contributed by atoms with Gasteiger partial charge in [-0.05, 0) is 58.6 Å². The van der Waals surface area contributed by atoms with Gasteiger partial charge in [-0.3, -0.25) is 4.98 Å². The molecule has 1 unspecified atom stereocenters. The van der Waals surface area contributed by atoms with Gasteiger partial charge in [0.05, 0.1) is 18.0 Å². The van der Waals surface area contributed by atoms with Gasteiger partial charge in [0.15, 0.2) is 0 Å². The van der Waals surface area contributed by atoms with Crippen molar-refractivity contribution in [2.24, 2.45) is 0 Å². The van der Waals surface area contributed by atoms with Crippen molar-refractivity contribution in [1.82, 2.24) is 14.8 Å². The third-order valence-electron chi connectivity index (χ3n) is 4.16. The maximum atomic E-state index is 12.8. The molecule has 1 aromatic heterocycles. The van der Waals surface area contributed by atoms with Crippen molar-refractivity contribution in [3.8, 4) is 0 Å². The van der Waals surface area contributed by atoms with Crippen LogP contribution in [0, 0.1) is 5.82 Å². The second-order valence-corrected chi connectivity index (χ2v) is 5.72. The highest BCUT2D eigenvalue weighted by atomic mass is 19.1. The van der Waals surface area contributed by atoms with Crippen molar-refractivity contribution in [2.45, 2.75) is 31.4 Å². The lowest BCUT2D eigenvalue weighted by atomic mass is 10.0. The fraction of sp³-hybridized carbons (Fsp3) is 0.667. The first-order valence-electron chi connectivity index (χ1n) is 7.24. The average Bonchev–Trinajstić information content (AvgIpc) is 2.46. The molecular formula is C15H24FN3O. The standard InChI is InChI=1S/C15H24FN3O/c1-18-8-5-13(6-9-18)19(2)10-7-15(20)14-4-3-12(16)11-17-14/h3-4,11,13,15,20H,5-10H2,1-2H3. The fourth-order valence-corrected chi connectivity index (χ4v) is 2.68. The van der Waals surface area contributed by atoms with Crippen molar-refractivity contribution in [1.29, 1.82) is 0 Å². The van der Waals surface area contributed by atoms with Gasteiger partial charge in [0.25, 0.3) is 0 Å². The van der Waals surface area contributed by atoms with E-state index in [1.165, 1.54) is 18.9 Å². The van der Waals surface area contributed by atoms with Crippen molar-refractivity contribution >= 4 is 0 Å². The lowest BCUT2D eigenvalue weighted by Crippen LogP contribution is -2.42. The summed E-state index contributed by atoms with van der Waals surface area (Å²) in [5, 5.41) is 10.1. The number of piperidine rings is 1. The van der Waals surface area contributed by atoms with E-state index < -0.39 is 6.10 Å². The highest BCUT2D eigenvalue weighted by Crippen LogP contribution is 2.18. The number of aliphatic hydroxyl groups excluding tert-OH is 1. The van der Waals surface area contributed by atoms with Crippen LogP contribution >= 0.6 is 0 Å². The summed E-state index contributed by atoms with van der Waals surface area (Å²) in [4.78, 5) is 8.60. The van der Waals surface area contributed by atoms with E-state index in [2.05, 4.69) is 28.9 Å². The van der Waals surface area contributed by atoms with E-state index in [1.54, 1.807) is 6.07 Å². The Balaban J connectivity index is 1.77. The quantitative estimate of drug-likeness (QED) is 0.891. The van der Waals surface area contributed by atoms with Crippen LogP contribution in [0.2, 0.25) is 0 Å². The van der Waals surface area contributed by atoms with E-state index in [0.717, 1.165) is 25.8 Å². The zero-order chi connectivity index (χ0) is 14.5. The van der Waals surface area contributed by atoms with Gasteiger partial charge in [-0.25, -0.2) is 4.39 Å². The van der Waals surface area contributed by atoms with Crippen molar-refractivity contribution in [3.05, 3.63) is 29.8 Å². The minimum Gasteiger partial charge on any atom is -0.387 e. The molecule has 0 aliphatic carbocycles. The lowest BCUT2D eigenvalue weighted by molar-refractivity contribution is 0.108. The molecule has 1 aliphatic heterocycles. The van der Waals surface area contributed by atoms with Gasteiger partial charge in [-0.15, -0.1) is 0 Å². The van der Waals surface area contributed by atoms with Crippen LogP contribution in [0.3, 0.4) is 0 Å². The van der Waals surface area contributed by atoms with Crippen LogP contribution < -0.4 is 0 Å². The lowest BCUT2D eigenvalue weighted by Gasteiger charge is -2.35. The number of rotatable bonds is 5. The van der Waals surface area contributed by atoms with Gasteiger partial charge in [0.2, 0.25) is 0 Å².